The predicted octanol–water partition coefficient (Wildman–Crippen LogP) is 3.30. The van der Waals surface area contributed by atoms with Gasteiger partial charge in [-0.1, -0.05) is 68.1 Å². The number of carbonyl (C=O) groups excluding carboxylic acids is 3. The predicted molar refractivity (Wildman–Crippen MR) is 159 cm³/mol. The molecule has 1 aliphatic rings. The lowest BCUT2D eigenvalue weighted by Gasteiger charge is -2.32. The maximum absolute atomic E-state index is 13.1. The number of carbonyl (C=O) groups is 3. The zero-order chi connectivity index (χ0) is 28.5. The maximum atomic E-state index is 13.1. The van der Waals surface area contributed by atoms with Crippen molar-refractivity contribution in [3.63, 3.8) is 0 Å². The molecule has 10 nitrogen and oxygen atoms in total. The van der Waals surface area contributed by atoms with Gasteiger partial charge in [0.2, 0.25) is 11.8 Å². The molecule has 0 aliphatic carbocycles. The third-order valence-electron chi connectivity index (χ3n) is 6.92. The molecule has 4 N–H and O–H groups in total. The molecule has 3 amide bonds. The van der Waals surface area contributed by atoms with Crippen LogP contribution in [0.1, 0.15) is 51.2 Å². The third-order valence-corrected chi connectivity index (χ3v) is 6.92. The lowest BCUT2D eigenvalue weighted by Crippen LogP contribution is -2.56. The van der Waals surface area contributed by atoms with Crippen LogP contribution in [0, 0.1) is 0 Å². The molecular weight excluding hydrogens is 520 g/mol. The van der Waals surface area contributed by atoms with E-state index in [0.29, 0.717) is 19.0 Å². The Morgan fingerprint density at radius 2 is 1.68 bits per heavy atom. The van der Waals surface area contributed by atoms with Gasteiger partial charge in [-0.05, 0) is 43.7 Å². The van der Waals surface area contributed by atoms with Crippen molar-refractivity contribution in [1.29, 1.82) is 0 Å². The smallest absolute Gasteiger partial charge is 0.250 e. The lowest BCUT2D eigenvalue weighted by molar-refractivity contribution is -0.133. The molecule has 0 unspecified atom stereocenters. The Hall–Kier alpha value is -4.02. The van der Waals surface area contributed by atoms with Gasteiger partial charge >= 0.3 is 0 Å². The van der Waals surface area contributed by atoms with Crippen LogP contribution in [0.3, 0.4) is 0 Å². The van der Waals surface area contributed by atoms with Crippen molar-refractivity contribution in [1.82, 2.24) is 19.8 Å². The van der Waals surface area contributed by atoms with Crippen molar-refractivity contribution in [3.05, 3.63) is 84.3 Å². The summed E-state index contributed by atoms with van der Waals surface area (Å²) >= 11 is 0. The normalized spacial score (nSPS) is 14.6. The molecule has 0 bridgehead atoms. The van der Waals surface area contributed by atoms with E-state index in [0.717, 1.165) is 18.4 Å². The second kappa shape index (κ2) is 14.6. The van der Waals surface area contributed by atoms with E-state index in [9.17, 15) is 14.4 Å². The first-order valence-electron chi connectivity index (χ1n) is 13.6. The van der Waals surface area contributed by atoms with Crippen LogP contribution in [0.5, 0.6) is 0 Å². The second-order valence-electron chi connectivity index (χ2n) is 10.7. The third kappa shape index (κ3) is 9.26. The van der Waals surface area contributed by atoms with Gasteiger partial charge in [0.05, 0.1) is 25.1 Å². The van der Waals surface area contributed by atoms with Gasteiger partial charge in [0, 0.05) is 19.3 Å². The number of ether oxygens (including phenoxy) is 1. The van der Waals surface area contributed by atoms with Gasteiger partial charge in [0.15, 0.2) is 5.82 Å². The number of nitrogens with zero attached hydrogens (tertiary/aromatic N) is 3. The highest BCUT2D eigenvalue weighted by molar-refractivity contribution is 5.98. The molecule has 1 aromatic heterocycles. The first kappa shape index (κ1) is 31.5. The van der Waals surface area contributed by atoms with E-state index in [1.807, 2.05) is 41.3 Å². The summed E-state index contributed by atoms with van der Waals surface area (Å²) in [5.41, 5.74) is 7.00. The minimum Gasteiger partial charge on any atom is -0.374 e. The molecule has 1 fully saturated rings. The molecule has 0 spiro atoms. The highest BCUT2D eigenvalue weighted by Crippen LogP contribution is 2.27. The van der Waals surface area contributed by atoms with E-state index in [-0.39, 0.29) is 38.9 Å². The van der Waals surface area contributed by atoms with Gasteiger partial charge in [0.1, 0.15) is 12.6 Å². The van der Waals surface area contributed by atoms with Crippen molar-refractivity contribution in [3.8, 4) is 0 Å². The van der Waals surface area contributed by atoms with E-state index in [4.69, 9.17) is 10.5 Å². The van der Waals surface area contributed by atoms with Crippen LogP contribution in [0.4, 0.5) is 5.82 Å². The van der Waals surface area contributed by atoms with Crippen molar-refractivity contribution >= 4 is 23.5 Å². The molecule has 10 heteroatoms. The minimum absolute atomic E-state index is 0. The Labute approximate surface area is 242 Å². The number of amides is 3. The summed E-state index contributed by atoms with van der Waals surface area (Å²) in [7, 11) is 0. The number of benzene rings is 2. The standard InChI is InChI=1S/C30H38N6O4.CH4/c1-30(2,31)29(39)33-25(20-40-19-22-9-5-3-6-10-22)28(38)34-26-17-35(21-32-26)18-27(37)36-15-13-24(14-16-36)23-11-7-4-8-12-23;/h3-12,17,21,24-25H,13-16,18-20,31H2,1-2H3,(H,33,39)(H,34,38);1H4/t25-;/m1./s1. The summed E-state index contributed by atoms with van der Waals surface area (Å²) < 4.78 is 7.37. The molecular formula is C31H42N6O4. The molecule has 1 atom stereocenters. The molecule has 220 valence electrons. The SMILES string of the molecule is C.CC(C)(N)C(=O)N[C@H](COCc1ccccc1)C(=O)Nc1cn(CC(=O)N2CCC(c3ccccc3)CC2)cn1. The van der Waals surface area contributed by atoms with E-state index >= 15 is 0 Å². The Balaban J connectivity index is 0.00000462. The number of aromatic nitrogens is 2. The van der Waals surface area contributed by atoms with Crippen LogP contribution in [0.25, 0.3) is 0 Å². The number of nitrogens with one attached hydrogen (secondary N) is 2. The molecule has 0 radical (unpaired) electrons. The summed E-state index contributed by atoms with van der Waals surface area (Å²) in [5, 5.41) is 5.38. The molecule has 3 aromatic rings. The van der Waals surface area contributed by atoms with Crippen LogP contribution < -0.4 is 16.4 Å². The maximum Gasteiger partial charge on any atom is 0.250 e. The Kier molecular flexibility index (Phi) is 11.2. The van der Waals surface area contributed by atoms with Crippen molar-refractivity contribution < 1.29 is 19.1 Å². The number of anilines is 1. The van der Waals surface area contributed by atoms with E-state index < -0.39 is 23.4 Å². The zero-order valence-corrected chi connectivity index (χ0v) is 23.1. The van der Waals surface area contributed by atoms with Crippen molar-refractivity contribution in [2.45, 2.75) is 64.8 Å². The topological polar surface area (TPSA) is 132 Å². The number of nitrogens with two attached hydrogens (primary N) is 1. The van der Waals surface area contributed by atoms with Crippen LogP contribution >= 0.6 is 0 Å². The van der Waals surface area contributed by atoms with Gasteiger partial charge in [-0.2, -0.15) is 0 Å². The highest BCUT2D eigenvalue weighted by Gasteiger charge is 2.29. The number of hydrogen-bond donors (Lipinski definition) is 3. The average Bonchev–Trinajstić information content (AvgIpc) is 3.39. The van der Waals surface area contributed by atoms with Gasteiger partial charge in [-0.3, -0.25) is 14.4 Å². The summed E-state index contributed by atoms with van der Waals surface area (Å²) in [6.07, 6.45) is 4.97. The van der Waals surface area contributed by atoms with Gasteiger partial charge in [-0.25, -0.2) is 4.98 Å². The largest absolute Gasteiger partial charge is 0.374 e. The van der Waals surface area contributed by atoms with Crippen molar-refractivity contribution in [2.24, 2.45) is 5.73 Å². The van der Waals surface area contributed by atoms with Gasteiger partial charge in [0.25, 0.3) is 5.91 Å². The number of likely N-dealkylation sites (tertiary alicyclic amines) is 1. The minimum atomic E-state index is -1.17. The fraction of sp³-hybridized carbons (Fsp3) is 0.419. The van der Waals surface area contributed by atoms with E-state index in [2.05, 4.69) is 39.9 Å². The highest BCUT2D eigenvalue weighted by atomic mass is 16.5. The Morgan fingerprint density at radius 3 is 2.32 bits per heavy atom. The second-order valence-corrected chi connectivity index (χ2v) is 10.7. The molecule has 2 aromatic carbocycles. The first-order chi connectivity index (χ1) is 19.2. The number of imidazole rings is 1. The molecule has 4 rings (SSSR count). The quantitative estimate of drug-likeness (QED) is 0.329. The fourth-order valence-electron chi connectivity index (χ4n) is 4.56. The van der Waals surface area contributed by atoms with Crippen LogP contribution in [0.15, 0.2) is 73.2 Å². The van der Waals surface area contributed by atoms with Gasteiger partial charge < -0.3 is 30.6 Å². The molecule has 1 saturated heterocycles. The Morgan fingerprint density at radius 1 is 1.05 bits per heavy atom. The average molecular weight is 563 g/mol. The fourth-order valence-corrected chi connectivity index (χ4v) is 4.56. The molecule has 41 heavy (non-hydrogen) atoms. The molecule has 0 saturated carbocycles. The van der Waals surface area contributed by atoms with E-state index in [1.54, 1.807) is 24.6 Å². The van der Waals surface area contributed by atoms with Crippen LogP contribution in [-0.4, -0.2) is 63.4 Å². The number of piperidine rings is 1. The Bertz CT molecular complexity index is 1260. The molecule has 1 aliphatic heterocycles. The zero-order valence-electron chi connectivity index (χ0n) is 23.1. The summed E-state index contributed by atoms with van der Waals surface area (Å²) in [5.74, 6) is -0.232. The van der Waals surface area contributed by atoms with E-state index in [1.165, 1.54) is 11.9 Å². The summed E-state index contributed by atoms with van der Waals surface area (Å²) in [6.45, 7) is 4.89. The van der Waals surface area contributed by atoms with Crippen LogP contribution in [0.2, 0.25) is 0 Å². The number of rotatable bonds is 11. The summed E-state index contributed by atoms with van der Waals surface area (Å²) in [4.78, 5) is 44.6. The number of hydrogen-bond acceptors (Lipinski definition) is 6. The van der Waals surface area contributed by atoms with Crippen LogP contribution in [-0.2, 0) is 32.3 Å². The van der Waals surface area contributed by atoms with Gasteiger partial charge in [-0.15, -0.1) is 0 Å². The first-order valence-corrected chi connectivity index (χ1v) is 13.6. The monoisotopic (exact) mass is 562 g/mol. The van der Waals surface area contributed by atoms with Crippen molar-refractivity contribution in [2.75, 3.05) is 25.0 Å². The lowest BCUT2D eigenvalue weighted by atomic mass is 9.89. The summed E-state index contributed by atoms with van der Waals surface area (Å²) in [6, 6.07) is 18.9. The molecule has 2 heterocycles.